The van der Waals surface area contributed by atoms with Gasteiger partial charge in [0.2, 0.25) is 5.91 Å². The van der Waals surface area contributed by atoms with E-state index in [-0.39, 0.29) is 18.6 Å². The molecule has 1 aliphatic heterocycles. The first kappa shape index (κ1) is 20.7. The number of ether oxygens (including phenoxy) is 1. The number of carbonyl (C=O) groups excluding carboxylic acids is 1. The Hall–Kier alpha value is -3.02. The SMILES string of the molecule is CN(C)C(=O)CNC(=NCc1ccccc1)N1CCC(Oc2ccccc2)CC1. The van der Waals surface area contributed by atoms with Gasteiger partial charge in [0.1, 0.15) is 11.9 Å². The van der Waals surface area contributed by atoms with Crippen LogP contribution in [0.1, 0.15) is 18.4 Å². The summed E-state index contributed by atoms with van der Waals surface area (Å²) in [5, 5.41) is 3.25. The monoisotopic (exact) mass is 394 g/mol. The minimum absolute atomic E-state index is 0.0275. The first-order valence-corrected chi connectivity index (χ1v) is 10.1. The Balaban J connectivity index is 1.60. The van der Waals surface area contributed by atoms with E-state index in [2.05, 4.69) is 22.3 Å². The summed E-state index contributed by atoms with van der Waals surface area (Å²) >= 11 is 0. The number of rotatable bonds is 6. The van der Waals surface area contributed by atoms with E-state index >= 15 is 0 Å². The third-order valence-electron chi connectivity index (χ3n) is 4.94. The van der Waals surface area contributed by atoms with Crippen LogP contribution in [0, 0.1) is 0 Å². The van der Waals surface area contributed by atoms with Gasteiger partial charge in [-0.3, -0.25) is 4.79 Å². The highest BCUT2D eigenvalue weighted by Crippen LogP contribution is 2.18. The molecule has 0 radical (unpaired) electrons. The zero-order valence-corrected chi connectivity index (χ0v) is 17.3. The van der Waals surface area contributed by atoms with Crippen LogP contribution < -0.4 is 10.1 Å². The molecule has 0 atom stereocenters. The predicted molar refractivity (Wildman–Crippen MR) is 116 cm³/mol. The van der Waals surface area contributed by atoms with E-state index in [1.165, 1.54) is 0 Å². The second kappa shape index (κ2) is 10.5. The van der Waals surface area contributed by atoms with Gasteiger partial charge in [-0.05, 0) is 17.7 Å². The van der Waals surface area contributed by atoms with Crippen LogP contribution in [0.5, 0.6) is 5.75 Å². The van der Waals surface area contributed by atoms with Crippen molar-refractivity contribution < 1.29 is 9.53 Å². The van der Waals surface area contributed by atoms with E-state index < -0.39 is 0 Å². The third-order valence-corrected chi connectivity index (χ3v) is 4.94. The van der Waals surface area contributed by atoms with E-state index in [1.807, 2.05) is 48.5 Å². The molecule has 154 valence electrons. The summed E-state index contributed by atoms with van der Waals surface area (Å²) < 4.78 is 6.09. The zero-order valence-electron chi connectivity index (χ0n) is 17.3. The molecule has 1 N–H and O–H groups in total. The highest BCUT2D eigenvalue weighted by molar-refractivity contribution is 5.86. The summed E-state index contributed by atoms with van der Waals surface area (Å²) in [5.41, 5.74) is 1.15. The number of aliphatic imine (C=N–C) groups is 1. The summed E-state index contributed by atoms with van der Waals surface area (Å²) in [6, 6.07) is 20.1. The van der Waals surface area contributed by atoms with Gasteiger partial charge in [0.05, 0.1) is 13.1 Å². The summed E-state index contributed by atoms with van der Waals surface area (Å²) in [6.07, 6.45) is 2.04. The molecule has 6 nitrogen and oxygen atoms in total. The molecule has 3 rings (SSSR count). The number of amides is 1. The Kier molecular flexibility index (Phi) is 7.50. The average Bonchev–Trinajstić information content (AvgIpc) is 2.76. The third kappa shape index (κ3) is 6.52. The van der Waals surface area contributed by atoms with Gasteiger partial charge in [-0.25, -0.2) is 4.99 Å². The van der Waals surface area contributed by atoms with Crippen LogP contribution in [0.25, 0.3) is 0 Å². The van der Waals surface area contributed by atoms with Crippen LogP contribution in [0.2, 0.25) is 0 Å². The van der Waals surface area contributed by atoms with Crippen LogP contribution in [0.3, 0.4) is 0 Å². The number of guanidine groups is 1. The van der Waals surface area contributed by atoms with Gasteiger partial charge in [0, 0.05) is 40.0 Å². The minimum Gasteiger partial charge on any atom is -0.490 e. The molecular weight excluding hydrogens is 364 g/mol. The number of nitrogens with zero attached hydrogens (tertiary/aromatic N) is 3. The molecular formula is C23H30N4O2. The number of nitrogens with one attached hydrogen (secondary N) is 1. The lowest BCUT2D eigenvalue weighted by Crippen LogP contribution is -2.49. The van der Waals surface area contributed by atoms with E-state index in [9.17, 15) is 4.79 Å². The fraction of sp³-hybridized carbons (Fsp3) is 0.391. The van der Waals surface area contributed by atoms with Gasteiger partial charge >= 0.3 is 0 Å². The summed E-state index contributed by atoms with van der Waals surface area (Å²) in [7, 11) is 3.52. The Labute approximate surface area is 173 Å². The second-order valence-electron chi connectivity index (χ2n) is 7.38. The highest BCUT2D eigenvalue weighted by Gasteiger charge is 2.23. The molecule has 0 bridgehead atoms. The first-order valence-electron chi connectivity index (χ1n) is 10.1. The maximum Gasteiger partial charge on any atom is 0.241 e. The fourth-order valence-corrected chi connectivity index (χ4v) is 3.21. The number of likely N-dealkylation sites (tertiary alicyclic amines) is 1. The Bertz CT molecular complexity index is 785. The molecule has 0 aliphatic carbocycles. The van der Waals surface area contributed by atoms with Gasteiger partial charge in [-0.2, -0.15) is 0 Å². The molecule has 0 unspecified atom stereocenters. The van der Waals surface area contributed by atoms with Crippen molar-refractivity contribution in [1.82, 2.24) is 15.1 Å². The number of benzene rings is 2. The minimum atomic E-state index is 0.0275. The molecule has 1 fully saturated rings. The normalized spacial score (nSPS) is 15.1. The lowest BCUT2D eigenvalue weighted by atomic mass is 10.1. The van der Waals surface area contributed by atoms with E-state index in [0.29, 0.717) is 6.54 Å². The summed E-state index contributed by atoms with van der Waals surface area (Å²) in [4.78, 5) is 20.6. The molecule has 2 aromatic carbocycles. The van der Waals surface area contributed by atoms with Crippen molar-refractivity contribution in [2.45, 2.75) is 25.5 Å². The Morgan fingerprint density at radius 2 is 1.69 bits per heavy atom. The number of hydrogen-bond acceptors (Lipinski definition) is 3. The maximum absolute atomic E-state index is 12.0. The van der Waals surface area contributed by atoms with Crippen molar-refractivity contribution in [3.8, 4) is 5.75 Å². The molecule has 0 aromatic heterocycles. The molecule has 0 spiro atoms. The quantitative estimate of drug-likeness (QED) is 0.605. The van der Waals surface area contributed by atoms with Crippen LogP contribution >= 0.6 is 0 Å². The van der Waals surface area contributed by atoms with Gasteiger partial charge in [-0.1, -0.05) is 48.5 Å². The summed E-state index contributed by atoms with van der Waals surface area (Å²) in [6.45, 7) is 2.50. The van der Waals surface area contributed by atoms with Crippen molar-refractivity contribution in [2.75, 3.05) is 33.7 Å². The largest absolute Gasteiger partial charge is 0.490 e. The zero-order chi connectivity index (χ0) is 20.5. The van der Waals surface area contributed by atoms with Crippen molar-refractivity contribution in [2.24, 2.45) is 4.99 Å². The van der Waals surface area contributed by atoms with E-state index in [1.54, 1.807) is 19.0 Å². The lowest BCUT2D eigenvalue weighted by Gasteiger charge is -2.34. The van der Waals surface area contributed by atoms with Gasteiger partial charge < -0.3 is 19.9 Å². The molecule has 6 heteroatoms. The van der Waals surface area contributed by atoms with E-state index in [4.69, 9.17) is 9.73 Å². The smallest absolute Gasteiger partial charge is 0.241 e. The van der Waals surface area contributed by atoms with Crippen molar-refractivity contribution in [3.05, 3.63) is 66.2 Å². The number of piperidine rings is 1. The van der Waals surface area contributed by atoms with Crippen molar-refractivity contribution in [3.63, 3.8) is 0 Å². The number of para-hydroxylation sites is 1. The summed E-state index contributed by atoms with van der Waals surface area (Å²) in [5.74, 6) is 1.72. The first-order chi connectivity index (χ1) is 14.1. The van der Waals surface area contributed by atoms with E-state index in [0.717, 1.165) is 43.2 Å². The predicted octanol–water partition coefficient (Wildman–Crippen LogP) is 2.76. The number of likely N-dealkylation sites (N-methyl/N-ethyl adjacent to an activating group) is 1. The molecule has 29 heavy (non-hydrogen) atoms. The second-order valence-corrected chi connectivity index (χ2v) is 7.38. The lowest BCUT2D eigenvalue weighted by molar-refractivity contribution is -0.127. The number of carbonyl (C=O) groups is 1. The molecule has 1 amide bonds. The average molecular weight is 395 g/mol. The molecule has 0 saturated carbocycles. The Morgan fingerprint density at radius 3 is 2.31 bits per heavy atom. The topological polar surface area (TPSA) is 57.2 Å². The fourth-order valence-electron chi connectivity index (χ4n) is 3.21. The maximum atomic E-state index is 12.0. The van der Waals surface area contributed by atoms with Gasteiger partial charge in [0.25, 0.3) is 0 Å². The van der Waals surface area contributed by atoms with Crippen LogP contribution in [0.15, 0.2) is 65.7 Å². The Morgan fingerprint density at radius 1 is 1.07 bits per heavy atom. The molecule has 2 aromatic rings. The highest BCUT2D eigenvalue weighted by atomic mass is 16.5. The molecule has 1 saturated heterocycles. The van der Waals surface area contributed by atoms with Crippen molar-refractivity contribution in [1.29, 1.82) is 0 Å². The van der Waals surface area contributed by atoms with Crippen LogP contribution in [0.4, 0.5) is 0 Å². The molecule has 1 heterocycles. The van der Waals surface area contributed by atoms with Crippen LogP contribution in [-0.4, -0.2) is 61.5 Å². The van der Waals surface area contributed by atoms with Crippen LogP contribution in [-0.2, 0) is 11.3 Å². The van der Waals surface area contributed by atoms with Crippen molar-refractivity contribution >= 4 is 11.9 Å². The molecule has 1 aliphatic rings. The standard InChI is InChI=1S/C23H30N4O2/c1-26(2)22(28)18-25-23(24-17-19-9-5-3-6-10-19)27-15-13-21(14-16-27)29-20-11-7-4-8-12-20/h3-12,21H,13-18H2,1-2H3,(H,24,25). The number of hydrogen-bond donors (Lipinski definition) is 1. The van der Waals surface area contributed by atoms with Gasteiger partial charge in [-0.15, -0.1) is 0 Å². The van der Waals surface area contributed by atoms with Gasteiger partial charge in [0.15, 0.2) is 5.96 Å².